The second-order valence-corrected chi connectivity index (χ2v) is 6.12. The molecular formula is C17H22N6O. The molecule has 1 aromatic heterocycles. The van der Waals surface area contributed by atoms with Crippen molar-refractivity contribution in [2.24, 2.45) is 5.92 Å². The number of benzene rings is 1. The summed E-state index contributed by atoms with van der Waals surface area (Å²) in [5, 5.41) is 14.1. The van der Waals surface area contributed by atoms with Gasteiger partial charge in [0.05, 0.1) is 6.54 Å². The third-order valence-corrected chi connectivity index (χ3v) is 4.26. The fourth-order valence-electron chi connectivity index (χ4n) is 2.97. The first-order valence-corrected chi connectivity index (χ1v) is 8.16. The number of hydrogen-bond donors (Lipinski definition) is 1. The zero-order valence-corrected chi connectivity index (χ0v) is 13.6. The van der Waals surface area contributed by atoms with Crippen LogP contribution in [0.4, 0.5) is 0 Å². The SMILES string of the molecule is C=CCN1CCC(CNC(=O)c2ccc(Cn3cnnn3)cc2)C1. The molecule has 0 spiro atoms. The molecule has 1 fully saturated rings. The largest absolute Gasteiger partial charge is 0.352 e. The van der Waals surface area contributed by atoms with Crippen LogP contribution in [0.25, 0.3) is 0 Å². The molecule has 0 bridgehead atoms. The van der Waals surface area contributed by atoms with Crippen LogP contribution in [0, 0.1) is 5.92 Å². The predicted molar refractivity (Wildman–Crippen MR) is 90.4 cm³/mol. The lowest BCUT2D eigenvalue weighted by molar-refractivity contribution is 0.0947. The number of carbonyl (C=O) groups excluding carboxylic acids is 1. The van der Waals surface area contributed by atoms with Crippen molar-refractivity contribution in [2.45, 2.75) is 13.0 Å². The summed E-state index contributed by atoms with van der Waals surface area (Å²) < 4.78 is 1.64. The Morgan fingerprint density at radius 2 is 2.21 bits per heavy atom. The van der Waals surface area contributed by atoms with Crippen LogP contribution in [0.5, 0.6) is 0 Å². The first-order valence-electron chi connectivity index (χ1n) is 8.16. The van der Waals surface area contributed by atoms with E-state index in [9.17, 15) is 4.79 Å². The van der Waals surface area contributed by atoms with Crippen LogP contribution in [0.15, 0.2) is 43.2 Å². The van der Waals surface area contributed by atoms with Gasteiger partial charge in [0.15, 0.2) is 0 Å². The van der Waals surface area contributed by atoms with E-state index in [1.54, 1.807) is 11.0 Å². The molecule has 2 heterocycles. The van der Waals surface area contributed by atoms with Crippen LogP contribution >= 0.6 is 0 Å². The van der Waals surface area contributed by atoms with E-state index >= 15 is 0 Å². The number of carbonyl (C=O) groups is 1. The van der Waals surface area contributed by atoms with E-state index in [4.69, 9.17) is 0 Å². The summed E-state index contributed by atoms with van der Waals surface area (Å²) in [5.41, 5.74) is 1.73. The van der Waals surface area contributed by atoms with E-state index in [0.29, 0.717) is 18.0 Å². The second-order valence-electron chi connectivity index (χ2n) is 6.12. The molecule has 1 saturated heterocycles. The van der Waals surface area contributed by atoms with Gasteiger partial charge in [0, 0.05) is 25.2 Å². The number of amides is 1. The molecule has 1 aliphatic rings. The molecule has 1 unspecified atom stereocenters. The quantitative estimate of drug-likeness (QED) is 0.767. The minimum Gasteiger partial charge on any atom is -0.352 e. The first-order chi connectivity index (χ1) is 11.7. The highest BCUT2D eigenvalue weighted by Crippen LogP contribution is 2.15. The van der Waals surface area contributed by atoms with Gasteiger partial charge in [-0.05, 0) is 47.0 Å². The van der Waals surface area contributed by atoms with Crippen molar-refractivity contribution in [2.75, 3.05) is 26.2 Å². The van der Waals surface area contributed by atoms with Crippen LogP contribution in [-0.4, -0.2) is 57.2 Å². The number of rotatable bonds is 7. The summed E-state index contributed by atoms with van der Waals surface area (Å²) >= 11 is 0. The molecule has 2 aromatic rings. The van der Waals surface area contributed by atoms with Gasteiger partial charge in [-0.2, -0.15) is 0 Å². The summed E-state index contributed by atoms with van der Waals surface area (Å²) in [6.07, 6.45) is 4.62. The summed E-state index contributed by atoms with van der Waals surface area (Å²) in [5.74, 6) is 0.499. The molecule has 7 nitrogen and oxygen atoms in total. The van der Waals surface area contributed by atoms with Crippen LogP contribution in [-0.2, 0) is 6.54 Å². The predicted octanol–water partition coefficient (Wildman–Crippen LogP) is 0.959. The van der Waals surface area contributed by atoms with Gasteiger partial charge in [-0.1, -0.05) is 18.2 Å². The molecule has 1 aromatic carbocycles. The third-order valence-electron chi connectivity index (χ3n) is 4.26. The maximum Gasteiger partial charge on any atom is 0.251 e. The van der Waals surface area contributed by atoms with Crippen molar-refractivity contribution in [3.05, 3.63) is 54.4 Å². The third kappa shape index (κ3) is 4.26. The van der Waals surface area contributed by atoms with E-state index in [1.807, 2.05) is 30.3 Å². The summed E-state index contributed by atoms with van der Waals surface area (Å²) in [6.45, 7) is 8.11. The standard InChI is InChI=1S/C17H22N6O/c1-2-8-22-9-7-15(11-22)10-18-17(24)16-5-3-14(4-6-16)12-23-13-19-20-21-23/h2-6,13,15H,1,7-12H2,(H,18,24). The molecule has 0 radical (unpaired) electrons. The summed E-state index contributed by atoms with van der Waals surface area (Å²) in [4.78, 5) is 14.6. The number of tetrazole rings is 1. The lowest BCUT2D eigenvalue weighted by Gasteiger charge is -2.14. The van der Waals surface area contributed by atoms with Gasteiger partial charge in [-0.3, -0.25) is 9.69 Å². The van der Waals surface area contributed by atoms with Crippen molar-refractivity contribution >= 4 is 5.91 Å². The maximum atomic E-state index is 12.3. The van der Waals surface area contributed by atoms with Crippen LogP contribution in [0.1, 0.15) is 22.3 Å². The van der Waals surface area contributed by atoms with Crippen LogP contribution < -0.4 is 5.32 Å². The normalized spacial score (nSPS) is 17.8. The summed E-state index contributed by atoms with van der Waals surface area (Å²) in [6, 6.07) is 7.54. The lowest BCUT2D eigenvalue weighted by Crippen LogP contribution is -2.31. The van der Waals surface area contributed by atoms with Gasteiger partial charge in [-0.25, -0.2) is 4.68 Å². The smallest absolute Gasteiger partial charge is 0.251 e. The Kier molecular flexibility index (Phi) is 5.32. The maximum absolute atomic E-state index is 12.3. The molecule has 126 valence electrons. The summed E-state index contributed by atoms with van der Waals surface area (Å²) in [7, 11) is 0. The van der Waals surface area contributed by atoms with Crippen molar-refractivity contribution < 1.29 is 4.79 Å². The molecule has 1 N–H and O–H groups in total. The topological polar surface area (TPSA) is 75.9 Å². The van der Waals surface area contributed by atoms with E-state index in [-0.39, 0.29) is 5.91 Å². The molecule has 1 aliphatic heterocycles. The zero-order chi connectivity index (χ0) is 16.8. The van der Waals surface area contributed by atoms with E-state index in [2.05, 4.69) is 32.3 Å². The Morgan fingerprint density at radius 1 is 1.38 bits per heavy atom. The zero-order valence-electron chi connectivity index (χ0n) is 13.6. The molecule has 24 heavy (non-hydrogen) atoms. The van der Waals surface area contributed by atoms with Crippen LogP contribution in [0.2, 0.25) is 0 Å². The molecule has 1 amide bonds. The Bertz CT molecular complexity index is 667. The van der Waals surface area contributed by atoms with Gasteiger partial charge >= 0.3 is 0 Å². The van der Waals surface area contributed by atoms with Crippen molar-refractivity contribution in [3.63, 3.8) is 0 Å². The minimum absolute atomic E-state index is 0.0221. The van der Waals surface area contributed by atoms with Gasteiger partial charge in [0.1, 0.15) is 6.33 Å². The average Bonchev–Trinajstić information content (AvgIpc) is 3.26. The Balaban J connectivity index is 1.47. The lowest BCUT2D eigenvalue weighted by atomic mass is 10.1. The van der Waals surface area contributed by atoms with Crippen molar-refractivity contribution in [1.29, 1.82) is 0 Å². The van der Waals surface area contributed by atoms with E-state index in [1.165, 1.54) is 0 Å². The monoisotopic (exact) mass is 326 g/mol. The number of nitrogens with one attached hydrogen (secondary N) is 1. The average molecular weight is 326 g/mol. The Labute approximate surface area is 141 Å². The molecule has 1 atom stereocenters. The molecule has 0 aliphatic carbocycles. The van der Waals surface area contributed by atoms with E-state index in [0.717, 1.165) is 38.2 Å². The van der Waals surface area contributed by atoms with Crippen LogP contribution in [0.3, 0.4) is 0 Å². The van der Waals surface area contributed by atoms with Crippen molar-refractivity contribution in [3.8, 4) is 0 Å². The molecule has 7 heteroatoms. The van der Waals surface area contributed by atoms with Gasteiger partial charge in [-0.15, -0.1) is 11.7 Å². The first kappa shape index (κ1) is 16.3. The number of hydrogen-bond acceptors (Lipinski definition) is 5. The van der Waals surface area contributed by atoms with Gasteiger partial charge in [0.2, 0.25) is 0 Å². The minimum atomic E-state index is -0.0221. The molecule has 0 saturated carbocycles. The number of likely N-dealkylation sites (tertiary alicyclic amines) is 1. The number of aromatic nitrogens is 4. The highest BCUT2D eigenvalue weighted by atomic mass is 16.1. The highest BCUT2D eigenvalue weighted by molar-refractivity contribution is 5.94. The van der Waals surface area contributed by atoms with Crippen molar-refractivity contribution in [1.82, 2.24) is 30.4 Å². The fraction of sp³-hybridized carbons (Fsp3) is 0.412. The molecule has 3 rings (SSSR count). The van der Waals surface area contributed by atoms with Gasteiger partial charge < -0.3 is 5.32 Å². The second kappa shape index (κ2) is 7.83. The Morgan fingerprint density at radius 3 is 2.92 bits per heavy atom. The van der Waals surface area contributed by atoms with Gasteiger partial charge in [0.25, 0.3) is 5.91 Å². The van der Waals surface area contributed by atoms with E-state index < -0.39 is 0 Å². The molecular weight excluding hydrogens is 304 g/mol. The fourth-order valence-corrected chi connectivity index (χ4v) is 2.97. The highest BCUT2D eigenvalue weighted by Gasteiger charge is 2.21. The number of nitrogens with zero attached hydrogens (tertiary/aromatic N) is 5. The Hall–Kier alpha value is -2.54.